The minimum Gasteiger partial charge on any atom is -0.324 e. The zero-order chi connectivity index (χ0) is 10.5. The van der Waals surface area contributed by atoms with Crippen LogP contribution in [0.3, 0.4) is 0 Å². The number of hydrogen-bond donors (Lipinski definition) is 1. The van der Waals surface area contributed by atoms with E-state index in [1.54, 1.807) is 23.1 Å². The van der Waals surface area contributed by atoms with Gasteiger partial charge in [-0.25, -0.2) is 0 Å². The van der Waals surface area contributed by atoms with Crippen molar-refractivity contribution < 1.29 is 0 Å². The molecule has 0 saturated carbocycles. The highest BCUT2D eigenvalue weighted by atomic mass is 32.2. The second kappa shape index (κ2) is 5.25. The lowest BCUT2D eigenvalue weighted by Crippen LogP contribution is -1.94. The molecule has 1 aromatic heterocycles. The molecule has 0 radical (unpaired) electrons. The fraction of sp³-hybridized carbons (Fsp3) is 0.200. The van der Waals surface area contributed by atoms with E-state index in [4.69, 9.17) is 5.73 Å². The quantitative estimate of drug-likeness (QED) is 0.829. The van der Waals surface area contributed by atoms with Crippen LogP contribution in [0.5, 0.6) is 0 Å². The zero-order valence-electron chi connectivity index (χ0n) is 8.09. The Morgan fingerprint density at radius 3 is 2.67 bits per heavy atom. The van der Waals surface area contributed by atoms with E-state index in [9.17, 15) is 0 Å². The highest BCUT2D eigenvalue weighted by molar-refractivity contribution is 8.00. The van der Waals surface area contributed by atoms with E-state index in [0.717, 1.165) is 15.1 Å². The molecule has 0 aliphatic carbocycles. The molecular formula is C10H11N3S2. The Morgan fingerprint density at radius 2 is 2.00 bits per heavy atom. The molecule has 15 heavy (non-hydrogen) atoms. The van der Waals surface area contributed by atoms with Crippen LogP contribution in [-0.2, 0) is 12.3 Å². The summed E-state index contributed by atoms with van der Waals surface area (Å²) >= 11 is 3.27. The Morgan fingerprint density at radius 1 is 1.20 bits per heavy atom. The summed E-state index contributed by atoms with van der Waals surface area (Å²) in [6.45, 7) is 0.476. The molecule has 2 aromatic rings. The van der Waals surface area contributed by atoms with Crippen molar-refractivity contribution in [2.24, 2.45) is 5.73 Å². The fourth-order valence-corrected chi connectivity index (χ4v) is 2.83. The molecule has 0 aliphatic heterocycles. The molecule has 0 bridgehead atoms. The Labute approximate surface area is 96.7 Å². The van der Waals surface area contributed by atoms with E-state index in [1.807, 2.05) is 18.2 Å². The molecule has 78 valence electrons. The van der Waals surface area contributed by atoms with Crippen LogP contribution in [-0.4, -0.2) is 10.2 Å². The highest BCUT2D eigenvalue weighted by Crippen LogP contribution is 2.25. The van der Waals surface area contributed by atoms with Gasteiger partial charge in [0, 0.05) is 12.3 Å². The summed E-state index contributed by atoms with van der Waals surface area (Å²) in [6, 6.07) is 10.3. The smallest absolute Gasteiger partial charge is 0.174 e. The molecule has 1 heterocycles. The predicted octanol–water partition coefficient (Wildman–Crippen LogP) is 2.29. The van der Waals surface area contributed by atoms with Gasteiger partial charge in [0.25, 0.3) is 0 Å². The van der Waals surface area contributed by atoms with Crippen molar-refractivity contribution in [2.45, 2.75) is 16.6 Å². The molecule has 2 rings (SSSR count). The van der Waals surface area contributed by atoms with Crippen LogP contribution in [0.25, 0.3) is 0 Å². The summed E-state index contributed by atoms with van der Waals surface area (Å²) in [5, 5.41) is 8.92. The van der Waals surface area contributed by atoms with Crippen molar-refractivity contribution >= 4 is 23.1 Å². The van der Waals surface area contributed by atoms with Crippen molar-refractivity contribution in [3.8, 4) is 0 Å². The van der Waals surface area contributed by atoms with Crippen molar-refractivity contribution in [1.29, 1.82) is 0 Å². The third-order valence-corrected chi connectivity index (χ3v) is 3.98. The van der Waals surface area contributed by atoms with Crippen LogP contribution in [0.4, 0.5) is 0 Å². The number of nitrogens with zero attached hydrogens (tertiary/aromatic N) is 2. The summed E-state index contributed by atoms with van der Waals surface area (Å²) in [7, 11) is 0. The van der Waals surface area contributed by atoms with Crippen molar-refractivity contribution in [3.63, 3.8) is 0 Å². The van der Waals surface area contributed by atoms with Crippen LogP contribution in [0.15, 0.2) is 34.7 Å². The molecule has 0 aliphatic rings. The second-order valence-corrected chi connectivity index (χ2v) is 5.22. The maximum absolute atomic E-state index is 5.47. The van der Waals surface area contributed by atoms with Gasteiger partial charge in [-0.1, -0.05) is 53.4 Å². The second-order valence-electron chi connectivity index (χ2n) is 2.94. The van der Waals surface area contributed by atoms with Crippen LogP contribution < -0.4 is 5.73 Å². The molecule has 0 spiro atoms. The van der Waals surface area contributed by atoms with Crippen molar-refractivity contribution in [1.82, 2.24) is 10.2 Å². The van der Waals surface area contributed by atoms with Crippen LogP contribution in [0, 0.1) is 0 Å². The molecule has 1 aromatic carbocycles. The molecule has 0 fully saturated rings. The minimum atomic E-state index is 0.476. The number of hydrogen-bond acceptors (Lipinski definition) is 5. The normalized spacial score (nSPS) is 10.5. The van der Waals surface area contributed by atoms with E-state index >= 15 is 0 Å². The predicted molar refractivity (Wildman–Crippen MR) is 63.8 cm³/mol. The standard InChI is InChI=1S/C10H11N3S2/c11-6-9-12-13-10(15-9)14-7-8-4-2-1-3-5-8/h1-5H,6-7,11H2. The average Bonchev–Trinajstić information content (AvgIpc) is 2.76. The van der Waals surface area contributed by atoms with Crippen LogP contribution in [0.1, 0.15) is 10.6 Å². The van der Waals surface area contributed by atoms with Gasteiger partial charge in [0.1, 0.15) is 5.01 Å². The van der Waals surface area contributed by atoms with Gasteiger partial charge in [-0.2, -0.15) is 0 Å². The van der Waals surface area contributed by atoms with E-state index in [-0.39, 0.29) is 0 Å². The lowest BCUT2D eigenvalue weighted by Gasteiger charge is -1.96. The molecule has 0 atom stereocenters. The Hall–Kier alpha value is -0.910. The molecule has 0 unspecified atom stereocenters. The third kappa shape index (κ3) is 3.02. The molecule has 2 N–H and O–H groups in total. The van der Waals surface area contributed by atoms with E-state index in [0.29, 0.717) is 6.54 Å². The maximum atomic E-state index is 5.47. The van der Waals surface area contributed by atoms with Gasteiger partial charge in [0.2, 0.25) is 0 Å². The average molecular weight is 237 g/mol. The monoisotopic (exact) mass is 237 g/mol. The number of nitrogens with two attached hydrogens (primary N) is 1. The minimum absolute atomic E-state index is 0.476. The molecule has 0 amide bonds. The fourth-order valence-electron chi connectivity index (χ4n) is 1.10. The molecular weight excluding hydrogens is 226 g/mol. The van der Waals surface area contributed by atoms with Gasteiger partial charge in [-0.05, 0) is 5.56 Å². The van der Waals surface area contributed by atoms with E-state index < -0.39 is 0 Å². The van der Waals surface area contributed by atoms with Gasteiger partial charge in [0.05, 0.1) is 0 Å². The Kier molecular flexibility index (Phi) is 3.71. The summed E-state index contributed by atoms with van der Waals surface area (Å²) in [5.74, 6) is 0.931. The van der Waals surface area contributed by atoms with Gasteiger partial charge in [-0.15, -0.1) is 10.2 Å². The topological polar surface area (TPSA) is 51.8 Å². The van der Waals surface area contributed by atoms with E-state index in [1.165, 1.54) is 5.56 Å². The molecule has 0 saturated heterocycles. The SMILES string of the molecule is NCc1nnc(SCc2ccccc2)s1. The zero-order valence-corrected chi connectivity index (χ0v) is 9.72. The largest absolute Gasteiger partial charge is 0.324 e. The van der Waals surface area contributed by atoms with Gasteiger partial charge in [-0.3, -0.25) is 0 Å². The first-order valence-corrected chi connectivity index (χ1v) is 6.38. The van der Waals surface area contributed by atoms with Crippen molar-refractivity contribution in [3.05, 3.63) is 40.9 Å². The first-order valence-electron chi connectivity index (χ1n) is 4.57. The first kappa shape index (κ1) is 10.6. The van der Waals surface area contributed by atoms with Crippen LogP contribution in [0.2, 0.25) is 0 Å². The number of rotatable bonds is 4. The number of thioether (sulfide) groups is 1. The number of benzene rings is 1. The van der Waals surface area contributed by atoms with E-state index in [2.05, 4.69) is 22.3 Å². The van der Waals surface area contributed by atoms with Gasteiger partial charge >= 0.3 is 0 Å². The third-order valence-electron chi connectivity index (χ3n) is 1.83. The summed E-state index contributed by atoms with van der Waals surface area (Å²) in [5.41, 5.74) is 6.77. The first-order chi connectivity index (χ1) is 7.38. The summed E-state index contributed by atoms with van der Waals surface area (Å²) in [6.07, 6.45) is 0. The lowest BCUT2D eigenvalue weighted by molar-refractivity contribution is 0.927. The summed E-state index contributed by atoms with van der Waals surface area (Å²) < 4.78 is 0.985. The lowest BCUT2D eigenvalue weighted by atomic mass is 10.2. The molecule has 5 heteroatoms. The Balaban J connectivity index is 1.93. The van der Waals surface area contributed by atoms with Crippen LogP contribution >= 0.6 is 23.1 Å². The number of aromatic nitrogens is 2. The molecule has 3 nitrogen and oxygen atoms in total. The van der Waals surface area contributed by atoms with Gasteiger partial charge < -0.3 is 5.73 Å². The van der Waals surface area contributed by atoms with Crippen molar-refractivity contribution in [2.75, 3.05) is 0 Å². The van der Waals surface area contributed by atoms with Gasteiger partial charge in [0.15, 0.2) is 4.34 Å². The maximum Gasteiger partial charge on any atom is 0.174 e. The Bertz CT molecular complexity index is 414. The highest BCUT2D eigenvalue weighted by Gasteiger charge is 2.03. The summed E-state index contributed by atoms with van der Waals surface area (Å²) in [4.78, 5) is 0.